The third-order valence-corrected chi connectivity index (χ3v) is 5.87. The number of rotatable bonds is 4. The van der Waals surface area contributed by atoms with E-state index in [1.807, 2.05) is 30.6 Å². The SMILES string of the molecule is Cc1c([C@@H]2CN(Cc3cnc(-n4cnc(C#N)c4)nc3)CCN2)ccc2c1COC2=O. The summed E-state index contributed by atoms with van der Waals surface area (Å²) in [6.07, 6.45) is 6.77. The van der Waals surface area contributed by atoms with E-state index < -0.39 is 0 Å². The van der Waals surface area contributed by atoms with Crippen LogP contribution in [0.1, 0.15) is 44.3 Å². The first-order valence-corrected chi connectivity index (χ1v) is 10.1. The molecule has 1 N–H and O–H groups in total. The summed E-state index contributed by atoms with van der Waals surface area (Å²) in [6.45, 7) is 5.83. The fraction of sp³-hybridized carbons (Fsp3) is 0.318. The fourth-order valence-corrected chi connectivity index (χ4v) is 4.22. The second-order valence-electron chi connectivity index (χ2n) is 7.79. The van der Waals surface area contributed by atoms with Crippen LogP contribution in [-0.2, 0) is 17.9 Å². The van der Waals surface area contributed by atoms with Crippen LogP contribution in [0.3, 0.4) is 0 Å². The molecule has 2 aliphatic heterocycles. The molecule has 5 rings (SSSR count). The number of carbonyl (C=O) groups excluding carboxylic acids is 1. The summed E-state index contributed by atoms with van der Waals surface area (Å²) in [7, 11) is 0. The molecule has 4 heterocycles. The normalized spacial score (nSPS) is 18.5. The van der Waals surface area contributed by atoms with Crippen molar-refractivity contribution in [3.05, 3.63) is 70.6 Å². The lowest BCUT2D eigenvalue weighted by molar-refractivity contribution is 0.0535. The van der Waals surface area contributed by atoms with Gasteiger partial charge in [0.25, 0.3) is 0 Å². The van der Waals surface area contributed by atoms with Crippen molar-refractivity contribution in [1.82, 2.24) is 29.7 Å². The summed E-state index contributed by atoms with van der Waals surface area (Å²) in [5.74, 6) is 0.257. The number of esters is 1. The van der Waals surface area contributed by atoms with Gasteiger partial charge in [-0.3, -0.25) is 9.47 Å². The summed E-state index contributed by atoms with van der Waals surface area (Å²) in [6, 6.07) is 6.11. The molecule has 1 atom stereocenters. The molecule has 0 bridgehead atoms. The van der Waals surface area contributed by atoms with Crippen molar-refractivity contribution >= 4 is 5.97 Å². The Morgan fingerprint density at radius 3 is 2.90 bits per heavy atom. The molecular weight excluding hydrogens is 394 g/mol. The molecule has 31 heavy (non-hydrogen) atoms. The molecule has 0 amide bonds. The molecule has 2 aliphatic rings. The molecule has 0 spiro atoms. The number of cyclic esters (lactones) is 1. The maximum absolute atomic E-state index is 11.8. The third kappa shape index (κ3) is 3.67. The Morgan fingerprint density at radius 1 is 1.29 bits per heavy atom. The van der Waals surface area contributed by atoms with Crippen molar-refractivity contribution in [2.45, 2.75) is 26.1 Å². The number of hydrogen-bond donors (Lipinski definition) is 1. The fourth-order valence-electron chi connectivity index (χ4n) is 4.22. The lowest BCUT2D eigenvalue weighted by Crippen LogP contribution is -2.45. The molecule has 3 aromatic rings. The highest BCUT2D eigenvalue weighted by molar-refractivity contribution is 5.94. The average molecular weight is 415 g/mol. The van der Waals surface area contributed by atoms with E-state index in [4.69, 9.17) is 10.00 Å². The van der Waals surface area contributed by atoms with Crippen LogP contribution in [0, 0.1) is 18.3 Å². The highest BCUT2D eigenvalue weighted by atomic mass is 16.5. The van der Waals surface area contributed by atoms with Gasteiger partial charge in [0.1, 0.15) is 19.0 Å². The maximum atomic E-state index is 11.8. The van der Waals surface area contributed by atoms with Crippen molar-refractivity contribution in [2.75, 3.05) is 19.6 Å². The molecule has 9 nitrogen and oxygen atoms in total. The molecule has 1 aromatic carbocycles. The Hall–Kier alpha value is -3.61. The van der Waals surface area contributed by atoms with E-state index >= 15 is 0 Å². The van der Waals surface area contributed by atoms with E-state index in [1.165, 1.54) is 11.9 Å². The number of hydrogen-bond acceptors (Lipinski definition) is 8. The van der Waals surface area contributed by atoms with Gasteiger partial charge in [0.05, 0.1) is 5.56 Å². The summed E-state index contributed by atoms with van der Waals surface area (Å²) in [4.78, 5) is 27.0. The van der Waals surface area contributed by atoms with Gasteiger partial charge in [-0.1, -0.05) is 6.07 Å². The Bertz CT molecular complexity index is 1180. The Balaban J connectivity index is 1.28. The number of imidazole rings is 1. The number of fused-ring (bicyclic) bond motifs is 1. The molecule has 0 radical (unpaired) electrons. The number of ether oxygens (including phenoxy) is 1. The van der Waals surface area contributed by atoms with Gasteiger partial charge in [-0.05, 0) is 24.1 Å². The minimum Gasteiger partial charge on any atom is -0.457 e. The van der Waals surface area contributed by atoms with Gasteiger partial charge in [0, 0.05) is 61.9 Å². The second kappa shape index (κ2) is 7.91. The predicted molar refractivity (Wildman–Crippen MR) is 110 cm³/mol. The monoisotopic (exact) mass is 415 g/mol. The quantitative estimate of drug-likeness (QED) is 0.641. The van der Waals surface area contributed by atoms with E-state index in [2.05, 4.69) is 32.1 Å². The standard InChI is InChI=1S/C22H21N7O2/c1-14-17(2-3-18-19(14)12-31-21(18)30)20-11-28(5-4-24-20)9-15-7-25-22(26-8-15)29-10-16(6-23)27-13-29/h2-3,7-8,10,13,20,24H,4-5,9,11-12H2,1H3/t20-/m0/s1. The van der Waals surface area contributed by atoms with E-state index in [9.17, 15) is 4.79 Å². The lowest BCUT2D eigenvalue weighted by Gasteiger charge is -2.34. The van der Waals surface area contributed by atoms with Gasteiger partial charge >= 0.3 is 5.97 Å². The molecule has 1 saturated heterocycles. The van der Waals surface area contributed by atoms with Crippen LogP contribution in [0.5, 0.6) is 0 Å². The Morgan fingerprint density at radius 2 is 2.13 bits per heavy atom. The number of benzene rings is 1. The third-order valence-electron chi connectivity index (χ3n) is 5.87. The molecular formula is C22H21N7O2. The highest BCUT2D eigenvalue weighted by Gasteiger charge is 2.28. The van der Waals surface area contributed by atoms with Crippen LogP contribution >= 0.6 is 0 Å². The van der Waals surface area contributed by atoms with Gasteiger partial charge in [0.2, 0.25) is 5.95 Å². The molecule has 0 aliphatic carbocycles. The van der Waals surface area contributed by atoms with Crippen molar-refractivity contribution < 1.29 is 9.53 Å². The van der Waals surface area contributed by atoms with Crippen molar-refractivity contribution in [1.29, 1.82) is 5.26 Å². The summed E-state index contributed by atoms with van der Waals surface area (Å²) >= 11 is 0. The highest BCUT2D eigenvalue weighted by Crippen LogP contribution is 2.30. The maximum Gasteiger partial charge on any atom is 0.338 e. The van der Waals surface area contributed by atoms with E-state index in [-0.39, 0.29) is 12.0 Å². The topological polar surface area (TPSA) is 109 Å². The summed E-state index contributed by atoms with van der Waals surface area (Å²) < 4.78 is 6.82. The molecule has 1 fully saturated rings. The molecule has 156 valence electrons. The van der Waals surface area contributed by atoms with Crippen molar-refractivity contribution in [3.63, 3.8) is 0 Å². The number of nitriles is 1. The zero-order valence-electron chi connectivity index (χ0n) is 17.1. The summed E-state index contributed by atoms with van der Waals surface area (Å²) in [5.41, 5.74) is 5.39. The van der Waals surface area contributed by atoms with Gasteiger partial charge in [0.15, 0.2) is 5.69 Å². The number of piperazine rings is 1. The van der Waals surface area contributed by atoms with Gasteiger partial charge in [-0.25, -0.2) is 19.7 Å². The van der Waals surface area contributed by atoms with Crippen LogP contribution in [0.4, 0.5) is 0 Å². The molecule has 0 unspecified atom stereocenters. The van der Waals surface area contributed by atoms with Crippen LogP contribution in [-0.4, -0.2) is 50.0 Å². The number of nitrogens with zero attached hydrogens (tertiary/aromatic N) is 6. The lowest BCUT2D eigenvalue weighted by atomic mass is 9.93. The van der Waals surface area contributed by atoms with Crippen LogP contribution in [0.25, 0.3) is 5.95 Å². The zero-order chi connectivity index (χ0) is 21.4. The molecule has 9 heteroatoms. The van der Waals surface area contributed by atoms with E-state index in [1.54, 1.807) is 10.8 Å². The average Bonchev–Trinajstić information content (AvgIpc) is 3.42. The van der Waals surface area contributed by atoms with Crippen LogP contribution < -0.4 is 5.32 Å². The predicted octanol–water partition coefficient (Wildman–Crippen LogP) is 1.66. The second-order valence-corrected chi connectivity index (χ2v) is 7.79. The number of carbonyl (C=O) groups is 1. The first-order valence-electron chi connectivity index (χ1n) is 10.1. The summed E-state index contributed by atoms with van der Waals surface area (Å²) in [5, 5.41) is 12.5. The largest absolute Gasteiger partial charge is 0.457 e. The number of nitrogens with one attached hydrogen (secondary N) is 1. The van der Waals surface area contributed by atoms with Crippen LogP contribution in [0.2, 0.25) is 0 Å². The first kappa shape index (κ1) is 19.4. The minimum atomic E-state index is -0.231. The van der Waals surface area contributed by atoms with E-state index in [0.717, 1.165) is 42.9 Å². The van der Waals surface area contributed by atoms with Crippen LogP contribution in [0.15, 0.2) is 37.1 Å². The Kier molecular flexibility index (Phi) is 4.94. The minimum absolute atomic E-state index is 0.185. The molecule has 0 saturated carbocycles. The number of aromatic nitrogens is 4. The Labute approximate surface area is 179 Å². The van der Waals surface area contributed by atoms with Gasteiger partial charge in [-0.15, -0.1) is 0 Å². The van der Waals surface area contributed by atoms with Gasteiger partial charge in [-0.2, -0.15) is 5.26 Å². The first-order chi connectivity index (χ1) is 15.1. The van der Waals surface area contributed by atoms with E-state index in [0.29, 0.717) is 23.8 Å². The van der Waals surface area contributed by atoms with Crippen molar-refractivity contribution in [2.24, 2.45) is 0 Å². The van der Waals surface area contributed by atoms with Gasteiger partial charge < -0.3 is 10.1 Å². The van der Waals surface area contributed by atoms with Crippen molar-refractivity contribution in [3.8, 4) is 12.0 Å². The molecule has 2 aromatic heterocycles. The zero-order valence-corrected chi connectivity index (χ0v) is 17.1. The smallest absolute Gasteiger partial charge is 0.338 e.